The van der Waals surface area contributed by atoms with Crippen molar-refractivity contribution in [2.45, 2.75) is 211 Å². The van der Waals surface area contributed by atoms with Gasteiger partial charge in [-0.05, 0) is 18.9 Å². The molecule has 0 aliphatic carbocycles. The number of carbonyl (C=O) groups excluding carboxylic acids is 1. The molecule has 1 aromatic heterocycles. The van der Waals surface area contributed by atoms with E-state index in [2.05, 4.69) is 27.7 Å². The molecule has 17 nitrogen and oxygen atoms in total. The molecule has 1 aliphatic heterocycles. The predicted molar refractivity (Wildman–Crippen MR) is 229 cm³/mol. The number of carbonyl (C=O) groups is 1. The summed E-state index contributed by atoms with van der Waals surface area (Å²) in [4.78, 5) is 53.6. The van der Waals surface area contributed by atoms with Gasteiger partial charge in [-0.25, -0.2) is 9.11 Å². The third kappa shape index (κ3) is 26.0. The Balaban J connectivity index is 1.79. The molecule has 5 unspecified atom stereocenters. The largest absolute Gasteiger partial charge is 0.756 e. The second-order valence-corrected chi connectivity index (χ2v) is 19.2. The number of nitrogens with zero attached hydrogens (tertiary/aromatic N) is 2. The highest BCUT2D eigenvalue weighted by molar-refractivity contribution is 7.59. The number of aliphatic hydroxyl groups excluding tert-OH is 2. The van der Waals surface area contributed by atoms with Gasteiger partial charge in [0, 0.05) is 19.2 Å². The minimum Gasteiger partial charge on any atom is -0.756 e. The summed E-state index contributed by atoms with van der Waals surface area (Å²) in [5.74, 6) is -0.656. The van der Waals surface area contributed by atoms with Crippen molar-refractivity contribution in [1.29, 1.82) is 0 Å². The van der Waals surface area contributed by atoms with E-state index in [0.29, 0.717) is 13.0 Å². The number of nitrogens with two attached hydrogens (primary N) is 1. The Morgan fingerprint density at radius 2 is 1.23 bits per heavy atom. The third-order valence-electron chi connectivity index (χ3n) is 10.7. The average molecular weight is 910 g/mol. The first kappa shape index (κ1) is 55.4. The van der Waals surface area contributed by atoms with Gasteiger partial charge in [-0.3, -0.25) is 18.5 Å². The number of phosphoric acid groups is 2. The SMILES string of the molecule is CCCCCCCCCCCCCCCCOCC(COP(=O)([O-])OP(=O)([O-])OCC1OC(n2ccc(N)nc2=O)[C@@H](O)[C@@H]1O)OC(=O)CCCCCCCCCCCCC. The van der Waals surface area contributed by atoms with E-state index in [1.165, 1.54) is 109 Å². The van der Waals surface area contributed by atoms with E-state index in [-0.39, 0.29) is 18.8 Å². The number of aliphatic hydroxyl groups is 2. The first-order valence-corrected chi connectivity index (χ1v) is 26.0. The molecule has 2 heterocycles. The van der Waals surface area contributed by atoms with Gasteiger partial charge in [0.05, 0.1) is 19.8 Å². The lowest BCUT2D eigenvalue weighted by atomic mass is 10.0. The molecular formula is C42H77N3O14P2-2. The fourth-order valence-electron chi connectivity index (χ4n) is 7.13. The Labute approximate surface area is 364 Å². The Morgan fingerprint density at radius 1 is 0.754 bits per heavy atom. The molecule has 0 saturated carbocycles. The zero-order chi connectivity index (χ0) is 44.8. The van der Waals surface area contributed by atoms with Gasteiger partial charge in [-0.1, -0.05) is 162 Å². The van der Waals surface area contributed by atoms with Crippen LogP contribution in [0.5, 0.6) is 0 Å². The monoisotopic (exact) mass is 909 g/mol. The topological polar surface area (TPSA) is 254 Å². The van der Waals surface area contributed by atoms with Crippen molar-refractivity contribution >= 4 is 27.4 Å². The van der Waals surface area contributed by atoms with Crippen molar-refractivity contribution in [3.63, 3.8) is 0 Å². The molecule has 1 aromatic rings. The first-order chi connectivity index (χ1) is 29.3. The molecule has 61 heavy (non-hydrogen) atoms. The molecule has 0 amide bonds. The van der Waals surface area contributed by atoms with Crippen molar-refractivity contribution in [3.05, 3.63) is 22.7 Å². The molecule has 356 valence electrons. The van der Waals surface area contributed by atoms with Crippen molar-refractivity contribution in [1.82, 2.24) is 9.55 Å². The lowest BCUT2D eigenvalue weighted by molar-refractivity contribution is -0.247. The smallest absolute Gasteiger partial charge is 0.351 e. The quantitative estimate of drug-likeness (QED) is 0.0327. The third-order valence-corrected chi connectivity index (χ3v) is 13.2. The number of ether oxygens (including phenoxy) is 3. The molecular weight excluding hydrogens is 832 g/mol. The van der Waals surface area contributed by atoms with Gasteiger partial charge >= 0.3 is 11.7 Å². The van der Waals surface area contributed by atoms with Gasteiger partial charge in [0.15, 0.2) is 6.23 Å². The number of esters is 1. The highest BCUT2D eigenvalue weighted by atomic mass is 31.3. The van der Waals surface area contributed by atoms with Crippen LogP contribution in [0.3, 0.4) is 0 Å². The maximum atomic E-state index is 12.7. The molecule has 19 heteroatoms. The summed E-state index contributed by atoms with van der Waals surface area (Å²) < 4.78 is 56.3. The number of nitrogen functional groups attached to an aromatic ring is 1. The summed E-state index contributed by atoms with van der Waals surface area (Å²) in [6.07, 6.45) is 22.8. The second kappa shape index (κ2) is 32.8. The molecule has 1 fully saturated rings. The zero-order valence-corrected chi connectivity index (χ0v) is 38.7. The predicted octanol–water partition coefficient (Wildman–Crippen LogP) is 7.54. The molecule has 0 spiro atoms. The first-order valence-electron chi connectivity index (χ1n) is 23.0. The van der Waals surface area contributed by atoms with Crippen molar-refractivity contribution in [2.24, 2.45) is 0 Å². The van der Waals surface area contributed by atoms with Crippen LogP contribution in [-0.4, -0.2) is 76.6 Å². The number of hydrogen-bond donors (Lipinski definition) is 3. The highest BCUT2D eigenvalue weighted by Gasteiger charge is 2.45. The van der Waals surface area contributed by atoms with Crippen molar-refractivity contribution < 1.29 is 61.5 Å². The summed E-state index contributed by atoms with van der Waals surface area (Å²) in [5.41, 5.74) is 4.57. The van der Waals surface area contributed by atoms with Crippen molar-refractivity contribution in [2.75, 3.05) is 32.2 Å². The van der Waals surface area contributed by atoms with Crippen LogP contribution in [0.1, 0.15) is 187 Å². The molecule has 7 atom stereocenters. The number of unbranched alkanes of at least 4 members (excludes halogenated alkanes) is 23. The summed E-state index contributed by atoms with van der Waals surface area (Å²) in [6, 6.07) is 1.25. The zero-order valence-electron chi connectivity index (χ0n) is 36.9. The molecule has 2 rings (SSSR count). The van der Waals surface area contributed by atoms with Gasteiger partial charge in [0.25, 0.3) is 15.6 Å². The van der Waals surface area contributed by atoms with E-state index < -0.39 is 71.2 Å². The normalized spacial score (nSPS) is 20.4. The molecule has 1 aliphatic rings. The molecule has 0 aromatic carbocycles. The average Bonchev–Trinajstić information content (AvgIpc) is 3.49. The van der Waals surface area contributed by atoms with Crippen LogP contribution in [0.15, 0.2) is 17.1 Å². The van der Waals surface area contributed by atoms with Gasteiger partial charge in [-0.2, -0.15) is 4.98 Å². The van der Waals surface area contributed by atoms with E-state index in [4.69, 9.17) is 24.5 Å². The summed E-state index contributed by atoms with van der Waals surface area (Å²) >= 11 is 0. The highest BCUT2D eigenvalue weighted by Crippen LogP contribution is 2.56. The van der Waals surface area contributed by atoms with Crippen LogP contribution in [0.25, 0.3) is 0 Å². The van der Waals surface area contributed by atoms with Crippen molar-refractivity contribution in [3.8, 4) is 0 Å². The standard InChI is InChI=1S/C42H79N3O14P2/c1-3-5-7-9-11-13-15-16-17-19-21-23-25-27-31-54-32-35(57-38(46)28-26-24-22-20-18-14-12-10-8-6-4-2)33-55-60(50,51)59-61(52,53)56-34-36-39(47)40(48)41(58-36)45-30-29-37(43)44-42(45)49/h29-30,35-36,39-41,47-48H,3-28,31-34H2,1-2H3,(H,50,51)(H,52,53)(H2,43,44,49)/p-2/t35?,36?,39-,40+,41?/m1/s1. The van der Waals surface area contributed by atoms with E-state index >= 15 is 0 Å². The van der Waals surface area contributed by atoms with Gasteiger partial charge < -0.3 is 49.0 Å². The Kier molecular flexibility index (Phi) is 29.8. The summed E-state index contributed by atoms with van der Waals surface area (Å²) in [5, 5.41) is 20.8. The molecule has 1 saturated heterocycles. The van der Waals surface area contributed by atoms with E-state index in [1.54, 1.807) is 0 Å². The number of rotatable bonds is 39. The molecule has 4 N–H and O–H groups in total. The fourth-order valence-corrected chi connectivity index (χ4v) is 9.17. The van der Waals surface area contributed by atoms with Gasteiger partial charge in [0.1, 0.15) is 30.2 Å². The Hall–Kier alpha value is -1.75. The maximum absolute atomic E-state index is 12.7. The summed E-state index contributed by atoms with van der Waals surface area (Å²) in [7, 11) is -11.3. The minimum absolute atomic E-state index is 0.0975. The number of phosphoric ester groups is 2. The minimum atomic E-state index is -5.66. The maximum Gasteiger partial charge on any atom is 0.351 e. The van der Waals surface area contributed by atoms with Gasteiger partial charge in [-0.15, -0.1) is 0 Å². The number of anilines is 1. The van der Waals surface area contributed by atoms with E-state index in [1.807, 2.05) is 0 Å². The van der Waals surface area contributed by atoms with Crippen LogP contribution in [-0.2, 0) is 41.5 Å². The second-order valence-electron chi connectivity index (χ2n) is 16.2. The van der Waals surface area contributed by atoms with E-state index in [9.17, 15) is 38.7 Å². The van der Waals surface area contributed by atoms with Crippen LogP contribution >= 0.6 is 15.6 Å². The lowest BCUT2D eigenvalue weighted by Gasteiger charge is -2.32. The Bertz CT molecular complexity index is 1460. The molecule has 0 radical (unpaired) electrons. The van der Waals surface area contributed by atoms with Crippen LogP contribution < -0.4 is 21.2 Å². The Morgan fingerprint density at radius 3 is 1.74 bits per heavy atom. The van der Waals surface area contributed by atoms with Gasteiger partial charge in [0.2, 0.25) is 0 Å². The van der Waals surface area contributed by atoms with Crippen LogP contribution in [0.2, 0.25) is 0 Å². The summed E-state index contributed by atoms with van der Waals surface area (Å²) in [6.45, 7) is 2.85. The number of aromatic nitrogens is 2. The number of hydrogen-bond acceptors (Lipinski definition) is 16. The fraction of sp³-hybridized carbons (Fsp3) is 0.881. The van der Waals surface area contributed by atoms with Crippen LogP contribution in [0, 0.1) is 0 Å². The molecule has 0 bridgehead atoms. The van der Waals surface area contributed by atoms with E-state index in [0.717, 1.165) is 62.1 Å². The lowest BCUT2D eigenvalue weighted by Crippen LogP contribution is -2.36. The van der Waals surface area contributed by atoms with Crippen LogP contribution in [0.4, 0.5) is 5.82 Å².